The van der Waals surface area contributed by atoms with Crippen LogP contribution in [0.25, 0.3) is 16.9 Å². The van der Waals surface area contributed by atoms with Gasteiger partial charge in [-0.15, -0.1) is 5.10 Å². The summed E-state index contributed by atoms with van der Waals surface area (Å²) < 4.78 is 1.64. The molecule has 0 unspecified atom stereocenters. The number of nitrogens with zero attached hydrogens (tertiary/aromatic N) is 5. The van der Waals surface area contributed by atoms with Gasteiger partial charge in [0.15, 0.2) is 11.2 Å². The molecule has 8 heteroatoms. The number of carbonyl (C=O) groups excluding carboxylic acids is 1. The molecule has 0 atom stereocenters. The molecule has 0 saturated heterocycles. The summed E-state index contributed by atoms with van der Waals surface area (Å²) in [6.45, 7) is 0. The second kappa shape index (κ2) is 6.00. The monoisotopic (exact) mass is 331 g/mol. The van der Waals surface area contributed by atoms with Crippen LogP contribution in [0.4, 0.5) is 11.6 Å². The van der Waals surface area contributed by atoms with Crippen LogP contribution in [0.5, 0.6) is 0 Å². The molecule has 1 amide bonds. The van der Waals surface area contributed by atoms with Crippen molar-refractivity contribution in [2.75, 3.05) is 5.32 Å². The Morgan fingerprint density at radius 3 is 2.72 bits per heavy atom. The van der Waals surface area contributed by atoms with E-state index in [2.05, 4.69) is 25.6 Å². The van der Waals surface area contributed by atoms with E-state index in [9.17, 15) is 4.79 Å². The van der Waals surface area contributed by atoms with Crippen molar-refractivity contribution in [2.45, 2.75) is 0 Å². The third kappa shape index (κ3) is 2.88. The molecule has 0 aliphatic rings. The first-order valence-corrected chi connectivity index (χ1v) is 7.51. The molecule has 122 valence electrons. The van der Waals surface area contributed by atoms with Crippen LogP contribution < -0.4 is 11.1 Å². The minimum atomic E-state index is -0.494. The minimum absolute atomic E-state index is 0.369. The highest BCUT2D eigenvalue weighted by Gasteiger charge is 2.10. The Balaban J connectivity index is 1.72. The van der Waals surface area contributed by atoms with E-state index in [1.807, 2.05) is 30.3 Å². The van der Waals surface area contributed by atoms with Crippen LogP contribution in [0.15, 0.2) is 60.8 Å². The zero-order valence-corrected chi connectivity index (χ0v) is 13.0. The lowest BCUT2D eigenvalue weighted by Crippen LogP contribution is -2.11. The fraction of sp³-hybridized carbons (Fsp3) is 0. The number of benzene rings is 2. The molecule has 2 aromatic heterocycles. The van der Waals surface area contributed by atoms with Crippen LogP contribution in [0.1, 0.15) is 10.4 Å². The second-order valence-electron chi connectivity index (χ2n) is 5.31. The van der Waals surface area contributed by atoms with Gasteiger partial charge in [-0.05, 0) is 30.3 Å². The number of hydrogen-bond acceptors (Lipinski definition) is 6. The molecule has 0 bridgehead atoms. The van der Waals surface area contributed by atoms with Crippen molar-refractivity contribution in [3.63, 3.8) is 0 Å². The molecule has 0 aliphatic heterocycles. The van der Waals surface area contributed by atoms with E-state index in [4.69, 9.17) is 5.73 Å². The van der Waals surface area contributed by atoms with Crippen molar-refractivity contribution in [3.8, 4) is 5.69 Å². The Kier molecular flexibility index (Phi) is 3.55. The summed E-state index contributed by atoms with van der Waals surface area (Å²) in [5, 5.41) is 11.3. The van der Waals surface area contributed by atoms with Gasteiger partial charge in [0.2, 0.25) is 11.9 Å². The number of nitrogens with two attached hydrogens (primary N) is 1. The average molecular weight is 331 g/mol. The SMILES string of the molecule is NC(=O)c1cccc(Nc2ncc3nnn(-c4ccccc4)c3n2)c1. The first-order valence-electron chi connectivity index (χ1n) is 7.51. The van der Waals surface area contributed by atoms with Crippen LogP contribution in [-0.4, -0.2) is 30.9 Å². The Morgan fingerprint density at radius 2 is 1.92 bits per heavy atom. The van der Waals surface area contributed by atoms with Crippen molar-refractivity contribution < 1.29 is 4.79 Å². The van der Waals surface area contributed by atoms with Crippen LogP contribution >= 0.6 is 0 Å². The molecule has 8 nitrogen and oxygen atoms in total. The lowest BCUT2D eigenvalue weighted by molar-refractivity contribution is 0.100. The number of anilines is 2. The van der Waals surface area contributed by atoms with Crippen molar-refractivity contribution in [1.82, 2.24) is 25.0 Å². The van der Waals surface area contributed by atoms with Crippen LogP contribution in [0, 0.1) is 0 Å². The molecule has 0 spiro atoms. The maximum Gasteiger partial charge on any atom is 0.248 e. The number of nitrogens with one attached hydrogen (secondary N) is 1. The number of primary amides is 1. The zero-order chi connectivity index (χ0) is 17.2. The van der Waals surface area contributed by atoms with Gasteiger partial charge < -0.3 is 11.1 Å². The molecule has 0 saturated carbocycles. The summed E-state index contributed by atoms with van der Waals surface area (Å²) in [7, 11) is 0. The Hall–Kier alpha value is -3.81. The largest absolute Gasteiger partial charge is 0.366 e. The van der Waals surface area contributed by atoms with E-state index in [-0.39, 0.29) is 0 Å². The Morgan fingerprint density at radius 1 is 1.08 bits per heavy atom. The first-order chi connectivity index (χ1) is 12.2. The normalized spacial score (nSPS) is 10.7. The molecule has 2 heterocycles. The van der Waals surface area contributed by atoms with Crippen molar-refractivity contribution in [2.24, 2.45) is 5.73 Å². The molecule has 0 fully saturated rings. The highest BCUT2D eigenvalue weighted by molar-refractivity contribution is 5.93. The molecule has 3 N–H and O–H groups in total. The van der Waals surface area contributed by atoms with Gasteiger partial charge in [-0.3, -0.25) is 4.79 Å². The summed E-state index contributed by atoms with van der Waals surface area (Å²) in [5.74, 6) is -0.125. The average Bonchev–Trinajstić information content (AvgIpc) is 3.06. The smallest absolute Gasteiger partial charge is 0.248 e. The molecular weight excluding hydrogens is 318 g/mol. The van der Waals surface area contributed by atoms with Crippen LogP contribution in [0.3, 0.4) is 0 Å². The van der Waals surface area contributed by atoms with Gasteiger partial charge in [0.1, 0.15) is 0 Å². The maximum absolute atomic E-state index is 11.3. The van der Waals surface area contributed by atoms with Gasteiger partial charge in [-0.25, -0.2) is 4.98 Å². The Labute approximate surface area is 142 Å². The van der Waals surface area contributed by atoms with Gasteiger partial charge >= 0.3 is 0 Å². The second-order valence-corrected chi connectivity index (χ2v) is 5.31. The van der Waals surface area contributed by atoms with Gasteiger partial charge in [0, 0.05) is 11.3 Å². The topological polar surface area (TPSA) is 112 Å². The first kappa shape index (κ1) is 14.8. The molecule has 2 aromatic carbocycles. The van der Waals surface area contributed by atoms with E-state index in [1.54, 1.807) is 35.1 Å². The fourth-order valence-electron chi connectivity index (χ4n) is 2.41. The van der Waals surface area contributed by atoms with Gasteiger partial charge in [0.05, 0.1) is 11.9 Å². The quantitative estimate of drug-likeness (QED) is 0.592. The third-order valence-electron chi connectivity index (χ3n) is 3.60. The number of hydrogen-bond donors (Lipinski definition) is 2. The number of aromatic nitrogens is 5. The predicted molar refractivity (Wildman–Crippen MR) is 92.7 cm³/mol. The molecular formula is C17H13N7O. The van der Waals surface area contributed by atoms with Crippen LogP contribution in [-0.2, 0) is 0 Å². The Bertz CT molecular complexity index is 1060. The van der Waals surface area contributed by atoms with Crippen molar-refractivity contribution >= 4 is 28.7 Å². The minimum Gasteiger partial charge on any atom is -0.366 e. The predicted octanol–water partition coefficient (Wildman–Crippen LogP) is 2.05. The standard InChI is InChI=1S/C17H13N7O/c18-15(25)11-5-4-6-12(9-11)20-17-19-10-14-16(21-17)24(23-22-14)13-7-2-1-3-8-13/h1-10H,(H2,18,25)(H,19,20,21). The van der Waals surface area contributed by atoms with Gasteiger partial charge in [-0.2, -0.15) is 9.67 Å². The molecule has 25 heavy (non-hydrogen) atoms. The summed E-state index contributed by atoms with van der Waals surface area (Å²) >= 11 is 0. The molecule has 4 rings (SSSR count). The summed E-state index contributed by atoms with van der Waals surface area (Å²) in [4.78, 5) is 20.0. The summed E-state index contributed by atoms with van der Waals surface area (Å²) in [6.07, 6.45) is 1.59. The lowest BCUT2D eigenvalue weighted by atomic mass is 10.2. The maximum atomic E-state index is 11.3. The van der Waals surface area contributed by atoms with Gasteiger partial charge in [0.25, 0.3) is 0 Å². The van der Waals surface area contributed by atoms with E-state index < -0.39 is 5.91 Å². The lowest BCUT2D eigenvalue weighted by Gasteiger charge is -2.06. The van der Waals surface area contributed by atoms with Crippen molar-refractivity contribution in [3.05, 3.63) is 66.4 Å². The summed E-state index contributed by atoms with van der Waals surface area (Å²) in [6, 6.07) is 16.4. The molecule has 4 aromatic rings. The van der Waals surface area contributed by atoms with Crippen molar-refractivity contribution in [1.29, 1.82) is 0 Å². The number of amides is 1. The molecule has 0 aliphatic carbocycles. The third-order valence-corrected chi connectivity index (χ3v) is 3.60. The zero-order valence-electron chi connectivity index (χ0n) is 13.0. The summed E-state index contributed by atoms with van der Waals surface area (Å²) in [5.41, 5.74) is 8.38. The number of fused-ring (bicyclic) bond motifs is 1. The number of carbonyl (C=O) groups is 1. The van der Waals surface area contributed by atoms with E-state index in [0.29, 0.717) is 28.4 Å². The highest BCUT2D eigenvalue weighted by atomic mass is 16.1. The number of para-hydroxylation sites is 1. The van der Waals surface area contributed by atoms with E-state index >= 15 is 0 Å². The van der Waals surface area contributed by atoms with Crippen LogP contribution in [0.2, 0.25) is 0 Å². The van der Waals surface area contributed by atoms with E-state index in [1.165, 1.54) is 0 Å². The van der Waals surface area contributed by atoms with Gasteiger partial charge in [-0.1, -0.05) is 29.5 Å². The highest BCUT2D eigenvalue weighted by Crippen LogP contribution is 2.18. The fourth-order valence-corrected chi connectivity index (χ4v) is 2.41. The number of rotatable bonds is 4. The molecule has 0 radical (unpaired) electrons. The van der Waals surface area contributed by atoms with E-state index in [0.717, 1.165) is 5.69 Å².